The molecule has 0 bridgehead atoms. The van der Waals surface area contributed by atoms with Crippen molar-refractivity contribution < 1.29 is 14.7 Å². The lowest BCUT2D eigenvalue weighted by Gasteiger charge is -2.07. The molecule has 0 saturated heterocycles. The molecule has 1 amide bonds. The highest BCUT2D eigenvalue weighted by molar-refractivity contribution is 6.29. The molecule has 0 unspecified atom stereocenters. The second-order valence-corrected chi connectivity index (χ2v) is 4.06. The van der Waals surface area contributed by atoms with Crippen LogP contribution in [0.3, 0.4) is 0 Å². The van der Waals surface area contributed by atoms with Crippen LogP contribution in [-0.4, -0.2) is 22.0 Å². The van der Waals surface area contributed by atoms with Crippen LogP contribution < -0.4 is 5.32 Å². The van der Waals surface area contributed by atoms with Gasteiger partial charge in [0, 0.05) is 11.9 Å². The summed E-state index contributed by atoms with van der Waals surface area (Å²) in [4.78, 5) is 26.8. The maximum Gasteiger partial charge on any atom is 0.336 e. The van der Waals surface area contributed by atoms with E-state index in [2.05, 4.69) is 10.3 Å². The van der Waals surface area contributed by atoms with Gasteiger partial charge in [-0.25, -0.2) is 9.78 Å². The van der Waals surface area contributed by atoms with Crippen LogP contribution in [0, 0.1) is 0 Å². The highest BCUT2D eigenvalue weighted by Gasteiger charge is 2.15. The van der Waals surface area contributed by atoms with Crippen LogP contribution in [0.1, 0.15) is 20.7 Å². The van der Waals surface area contributed by atoms with E-state index >= 15 is 0 Å². The van der Waals surface area contributed by atoms with E-state index in [0.29, 0.717) is 5.69 Å². The molecule has 19 heavy (non-hydrogen) atoms. The molecule has 0 atom stereocenters. The van der Waals surface area contributed by atoms with Gasteiger partial charge in [0.2, 0.25) is 0 Å². The normalized spacial score (nSPS) is 9.95. The first-order valence-corrected chi connectivity index (χ1v) is 5.71. The van der Waals surface area contributed by atoms with Gasteiger partial charge in [-0.15, -0.1) is 0 Å². The molecule has 0 fully saturated rings. The molecule has 1 aromatic carbocycles. The SMILES string of the molecule is O=C(O)c1ccccc1C(=O)Nc1ccnc(Cl)c1. The van der Waals surface area contributed by atoms with Crippen molar-refractivity contribution in [1.82, 2.24) is 4.98 Å². The molecular formula is C13H9ClN2O3. The van der Waals surface area contributed by atoms with E-state index in [4.69, 9.17) is 16.7 Å². The molecule has 2 aromatic rings. The summed E-state index contributed by atoms with van der Waals surface area (Å²) in [5.74, 6) is -1.67. The Hall–Kier alpha value is -2.40. The van der Waals surface area contributed by atoms with Crippen molar-refractivity contribution in [1.29, 1.82) is 0 Å². The first kappa shape index (κ1) is 13.0. The summed E-state index contributed by atoms with van der Waals surface area (Å²) in [7, 11) is 0. The number of anilines is 1. The van der Waals surface area contributed by atoms with Gasteiger partial charge in [0.05, 0.1) is 11.1 Å². The number of nitrogens with one attached hydrogen (secondary N) is 1. The van der Waals surface area contributed by atoms with Gasteiger partial charge in [0.15, 0.2) is 0 Å². The Balaban J connectivity index is 2.28. The van der Waals surface area contributed by atoms with Crippen molar-refractivity contribution >= 4 is 29.2 Å². The number of amides is 1. The fourth-order valence-corrected chi connectivity index (χ4v) is 1.72. The molecular weight excluding hydrogens is 268 g/mol. The zero-order valence-electron chi connectivity index (χ0n) is 9.63. The minimum atomic E-state index is -1.15. The molecule has 6 heteroatoms. The number of pyridine rings is 1. The van der Waals surface area contributed by atoms with Gasteiger partial charge in [-0.1, -0.05) is 23.7 Å². The standard InChI is InChI=1S/C13H9ClN2O3/c14-11-7-8(5-6-15-11)16-12(17)9-3-1-2-4-10(9)13(18)19/h1-7H,(H,18,19)(H,15,16,17). The van der Waals surface area contributed by atoms with Crippen LogP contribution in [0.2, 0.25) is 5.15 Å². The summed E-state index contributed by atoms with van der Waals surface area (Å²) in [6.07, 6.45) is 1.45. The van der Waals surface area contributed by atoms with Crippen LogP contribution in [0.4, 0.5) is 5.69 Å². The van der Waals surface area contributed by atoms with E-state index in [1.54, 1.807) is 18.2 Å². The van der Waals surface area contributed by atoms with E-state index in [1.807, 2.05) is 0 Å². The largest absolute Gasteiger partial charge is 0.478 e. The number of rotatable bonds is 3. The number of hydrogen-bond acceptors (Lipinski definition) is 3. The van der Waals surface area contributed by atoms with Crippen molar-refractivity contribution in [3.05, 3.63) is 58.9 Å². The Morgan fingerprint density at radius 3 is 2.47 bits per heavy atom. The molecule has 5 nitrogen and oxygen atoms in total. The van der Waals surface area contributed by atoms with Gasteiger partial charge < -0.3 is 10.4 Å². The molecule has 2 rings (SSSR count). The number of aromatic nitrogens is 1. The summed E-state index contributed by atoms with van der Waals surface area (Å²) in [5, 5.41) is 11.8. The third-order valence-corrected chi connectivity index (χ3v) is 2.59. The molecule has 2 N–H and O–H groups in total. The number of aromatic carboxylic acids is 1. The van der Waals surface area contributed by atoms with Gasteiger partial charge in [0.1, 0.15) is 5.15 Å². The van der Waals surface area contributed by atoms with E-state index < -0.39 is 11.9 Å². The van der Waals surface area contributed by atoms with Crippen molar-refractivity contribution in [3.63, 3.8) is 0 Å². The quantitative estimate of drug-likeness (QED) is 0.845. The fourth-order valence-electron chi connectivity index (χ4n) is 1.55. The van der Waals surface area contributed by atoms with E-state index in [9.17, 15) is 9.59 Å². The summed E-state index contributed by atoms with van der Waals surface area (Å²) < 4.78 is 0. The average Bonchev–Trinajstić information content (AvgIpc) is 2.38. The average molecular weight is 277 g/mol. The minimum Gasteiger partial charge on any atom is -0.478 e. The molecule has 0 saturated carbocycles. The molecule has 0 spiro atoms. The summed E-state index contributed by atoms with van der Waals surface area (Å²) in [6, 6.07) is 9.01. The Morgan fingerprint density at radius 2 is 1.84 bits per heavy atom. The highest BCUT2D eigenvalue weighted by Crippen LogP contribution is 2.15. The summed E-state index contributed by atoms with van der Waals surface area (Å²) in [5.41, 5.74) is 0.480. The third-order valence-electron chi connectivity index (χ3n) is 2.39. The third kappa shape index (κ3) is 3.08. The highest BCUT2D eigenvalue weighted by atomic mass is 35.5. The number of nitrogens with zero attached hydrogens (tertiary/aromatic N) is 1. The van der Waals surface area contributed by atoms with Crippen molar-refractivity contribution in [2.45, 2.75) is 0 Å². The minimum absolute atomic E-state index is 0.0554. The maximum absolute atomic E-state index is 12.0. The van der Waals surface area contributed by atoms with Gasteiger partial charge in [0.25, 0.3) is 5.91 Å². The molecule has 0 aliphatic rings. The van der Waals surface area contributed by atoms with Gasteiger partial charge in [-0.2, -0.15) is 0 Å². The van der Waals surface area contributed by atoms with Gasteiger partial charge in [-0.3, -0.25) is 4.79 Å². The molecule has 0 aliphatic heterocycles. The van der Waals surface area contributed by atoms with Crippen molar-refractivity contribution in [2.75, 3.05) is 5.32 Å². The molecule has 0 aliphatic carbocycles. The Bertz CT molecular complexity index is 643. The monoisotopic (exact) mass is 276 g/mol. The lowest BCUT2D eigenvalue weighted by Crippen LogP contribution is -2.16. The Labute approximate surface area is 113 Å². The zero-order chi connectivity index (χ0) is 13.8. The van der Waals surface area contributed by atoms with Crippen LogP contribution in [0.5, 0.6) is 0 Å². The lowest BCUT2D eigenvalue weighted by atomic mass is 10.1. The molecule has 96 valence electrons. The predicted octanol–water partition coefficient (Wildman–Crippen LogP) is 2.69. The smallest absolute Gasteiger partial charge is 0.336 e. The zero-order valence-corrected chi connectivity index (χ0v) is 10.4. The summed E-state index contributed by atoms with van der Waals surface area (Å²) >= 11 is 5.70. The van der Waals surface area contributed by atoms with Crippen LogP contribution in [0.15, 0.2) is 42.6 Å². The number of benzene rings is 1. The van der Waals surface area contributed by atoms with E-state index in [-0.39, 0.29) is 16.3 Å². The summed E-state index contributed by atoms with van der Waals surface area (Å²) in [6.45, 7) is 0. The predicted molar refractivity (Wildman–Crippen MR) is 70.6 cm³/mol. The molecule has 1 aromatic heterocycles. The number of carbonyl (C=O) groups excluding carboxylic acids is 1. The van der Waals surface area contributed by atoms with Crippen LogP contribution >= 0.6 is 11.6 Å². The molecule has 1 heterocycles. The van der Waals surface area contributed by atoms with Gasteiger partial charge >= 0.3 is 5.97 Å². The maximum atomic E-state index is 12.0. The second-order valence-electron chi connectivity index (χ2n) is 3.67. The topological polar surface area (TPSA) is 79.3 Å². The number of carboxylic acid groups (broad SMARTS) is 1. The van der Waals surface area contributed by atoms with E-state index in [0.717, 1.165) is 0 Å². The second kappa shape index (κ2) is 5.49. The van der Waals surface area contributed by atoms with Gasteiger partial charge in [-0.05, 0) is 24.3 Å². The lowest BCUT2D eigenvalue weighted by molar-refractivity contribution is 0.0692. The number of halogens is 1. The van der Waals surface area contributed by atoms with Crippen LogP contribution in [-0.2, 0) is 0 Å². The first-order chi connectivity index (χ1) is 9.08. The Kier molecular flexibility index (Phi) is 3.77. The van der Waals surface area contributed by atoms with Crippen LogP contribution in [0.25, 0.3) is 0 Å². The molecule has 0 radical (unpaired) electrons. The number of hydrogen-bond donors (Lipinski definition) is 2. The van der Waals surface area contributed by atoms with Crippen molar-refractivity contribution in [3.8, 4) is 0 Å². The number of carbonyl (C=O) groups is 2. The fraction of sp³-hybridized carbons (Fsp3) is 0. The van der Waals surface area contributed by atoms with E-state index in [1.165, 1.54) is 24.4 Å². The van der Waals surface area contributed by atoms with Crippen molar-refractivity contribution in [2.24, 2.45) is 0 Å². The first-order valence-electron chi connectivity index (χ1n) is 5.33. The number of carboxylic acids is 1. The Morgan fingerprint density at radius 1 is 1.16 bits per heavy atom.